The van der Waals surface area contributed by atoms with E-state index in [-0.39, 0.29) is 5.82 Å². The second-order valence-corrected chi connectivity index (χ2v) is 7.18. The zero-order chi connectivity index (χ0) is 15.5. The SMILES string of the molecule is CS(=O)(=O)c1ccc(CNCc2ccc(F)cc2Cl)cc1. The first-order valence-electron chi connectivity index (χ1n) is 6.30. The third-order valence-electron chi connectivity index (χ3n) is 3.01. The lowest BCUT2D eigenvalue weighted by atomic mass is 10.2. The summed E-state index contributed by atoms with van der Waals surface area (Å²) < 4.78 is 35.6. The topological polar surface area (TPSA) is 46.2 Å². The molecule has 0 bridgehead atoms. The Morgan fingerprint density at radius 2 is 1.76 bits per heavy atom. The fourth-order valence-corrected chi connectivity index (χ4v) is 2.73. The van der Waals surface area contributed by atoms with Crippen molar-refractivity contribution < 1.29 is 12.8 Å². The zero-order valence-electron chi connectivity index (χ0n) is 11.4. The fourth-order valence-electron chi connectivity index (χ4n) is 1.86. The van der Waals surface area contributed by atoms with Gasteiger partial charge in [-0.2, -0.15) is 0 Å². The van der Waals surface area contributed by atoms with E-state index >= 15 is 0 Å². The lowest BCUT2D eigenvalue weighted by molar-refractivity contribution is 0.601. The van der Waals surface area contributed by atoms with Crippen LogP contribution in [0.2, 0.25) is 5.02 Å². The molecule has 2 rings (SSSR count). The maximum absolute atomic E-state index is 12.9. The van der Waals surface area contributed by atoms with E-state index in [2.05, 4.69) is 5.32 Å². The lowest BCUT2D eigenvalue weighted by Crippen LogP contribution is -2.13. The minimum Gasteiger partial charge on any atom is -0.309 e. The molecule has 2 aromatic rings. The van der Waals surface area contributed by atoms with Gasteiger partial charge >= 0.3 is 0 Å². The molecule has 112 valence electrons. The van der Waals surface area contributed by atoms with E-state index in [1.165, 1.54) is 18.4 Å². The highest BCUT2D eigenvalue weighted by atomic mass is 35.5. The van der Waals surface area contributed by atoms with E-state index in [9.17, 15) is 12.8 Å². The van der Waals surface area contributed by atoms with Gasteiger partial charge in [0.2, 0.25) is 0 Å². The second-order valence-electron chi connectivity index (χ2n) is 4.76. The van der Waals surface area contributed by atoms with E-state index in [0.29, 0.717) is 23.0 Å². The molecule has 0 aliphatic heterocycles. The molecule has 1 N–H and O–H groups in total. The maximum Gasteiger partial charge on any atom is 0.175 e. The van der Waals surface area contributed by atoms with Crippen molar-refractivity contribution in [2.45, 2.75) is 18.0 Å². The van der Waals surface area contributed by atoms with Crippen LogP contribution in [0.1, 0.15) is 11.1 Å². The molecule has 0 aliphatic carbocycles. The molecule has 6 heteroatoms. The van der Waals surface area contributed by atoms with Gasteiger partial charge in [-0.25, -0.2) is 12.8 Å². The molecular weight excluding hydrogens is 313 g/mol. The van der Waals surface area contributed by atoms with Gasteiger partial charge in [0.05, 0.1) is 4.90 Å². The Bertz CT molecular complexity index is 730. The maximum atomic E-state index is 12.9. The van der Waals surface area contributed by atoms with E-state index in [1.54, 1.807) is 30.3 Å². The van der Waals surface area contributed by atoms with Gasteiger partial charge < -0.3 is 5.32 Å². The van der Waals surface area contributed by atoms with Gasteiger partial charge in [0.1, 0.15) is 5.82 Å². The molecule has 0 atom stereocenters. The standard InChI is InChI=1S/C15H15ClFNO2S/c1-21(19,20)14-6-2-11(3-7-14)9-18-10-12-4-5-13(17)8-15(12)16/h2-8,18H,9-10H2,1H3. The average Bonchev–Trinajstić information content (AvgIpc) is 2.41. The minimum atomic E-state index is -3.17. The Labute approximate surface area is 128 Å². The number of benzene rings is 2. The van der Waals surface area contributed by atoms with Crippen molar-refractivity contribution in [1.29, 1.82) is 0 Å². The molecule has 2 aromatic carbocycles. The number of halogens is 2. The summed E-state index contributed by atoms with van der Waals surface area (Å²) in [5.74, 6) is -0.361. The van der Waals surface area contributed by atoms with Crippen LogP contribution in [0.25, 0.3) is 0 Å². The second kappa shape index (κ2) is 6.56. The van der Waals surface area contributed by atoms with Crippen LogP contribution in [0.5, 0.6) is 0 Å². The van der Waals surface area contributed by atoms with Crippen molar-refractivity contribution in [3.05, 3.63) is 64.4 Å². The summed E-state index contributed by atoms with van der Waals surface area (Å²) in [6.07, 6.45) is 1.18. The zero-order valence-corrected chi connectivity index (χ0v) is 13.0. The van der Waals surface area contributed by atoms with Crippen LogP contribution in [-0.2, 0) is 22.9 Å². The number of sulfone groups is 1. The summed E-state index contributed by atoms with van der Waals surface area (Å²) in [5.41, 5.74) is 1.77. The average molecular weight is 328 g/mol. The van der Waals surface area contributed by atoms with Crippen LogP contribution in [0, 0.1) is 5.82 Å². The van der Waals surface area contributed by atoms with Gasteiger partial charge in [-0.3, -0.25) is 0 Å². The summed E-state index contributed by atoms with van der Waals surface area (Å²) >= 11 is 5.94. The molecule has 0 saturated heterocycles. The van der Waals surface area contributed by atoms with Gasteiger partial charge in [-0.1, -0.05) is 29.8 Å². The highest BCUT2D eigenvalue weighted by molar-refractivity contribution is 7.90. The number of rotatable bonds is 5. The van der Waals surface area contributed by atoms with Gasteiger partial charge in [-0.15, -0.1) is 0 Å². The molecule has 0 unspecified atom stereocenters. The molecule has 0 amide bonds. The molecule has 0 fully saturated rings. The van der Waals surface area contributed by atoms with E-state index < -0.39 is 9.84 Å². The van der Waals surface area contributed by atoms with Crippen LogP contribution in [-0.4, -0.2) is 14.7 Å². The van der Waals surface area contributed by atoms with E-state index in [0.717, 1.165) is 11.1 Å². The van der Waals surface area contributed by atoms with Crippen LogP contribution in [0.15, 0.2) is 47.4 Å². The largest absolute Gasteiger partial charge is 0.309 e. The third-order valence-corrected chi connectivity index (χ3v) is 4.49. The molecule has 3 nitrogen and oxygen atoms in total. The predicted octanol–water partition coefficient (Wildman–Crippen LogP) is 3.17. The van der Waals surface area contributed by atoms with Gasteiger partial charge in [0.15, 0.2) is 9.84 Å². The molecule has 21 heavy (non-hydrogen) atoms. The van der Waals surface area contributed by atoms with Crippen molar-refractivity contribution in [2.24, 2.45) is 0 Å². The molecule has 0 spiro atoms. The first-order valence-corrected chi connectivity index (χ1v) is 8.57. The lowest BCUT2D eigenvalue weighted by Gasteiger charge is -2.07. The summed E-state index contributed by atoms with van der Waals surface area (Å²) in [4.78, 5) is 0.299. The Hall–Kier alpha value is -1.43. The van der Waals surface area contributed by atoms with Crippen LogP contribution in [0.4, 0.5) is 4.39 Å². The van der Waals surface area contributed by atoms with Crippen molar-refractivity contribution in [2.75, 3.05) is 6.26 Å². The van der Waals surface area contributed by atoms with Crippen molar-refractivity contribution in [3.8, 4) is 0 Å². The number of hydrogen-bond donors (Lipinski definition) is 1. The normalized spacial score (nSPS) is 11.6. The van der Waals surface area contributed by atoms with Gasteiger partial charge in [0, 0.05) is 24.4 Å². The first kappa shape index (κ1) is 15.9. The minimum absolute atomic E-state index is 0.299. The quantitative estimate of drug-likeness (QED) is 0.917. The van der Waals surface area contributed by atoms with Crippen molar-refractivity contribution in [3.63, 3.8) is 0 Å². The first-order chi connectivity index (χ1) is 9.86. The monoisotopic (exact) mass is 327 g/mol. The van der Waals surface area contributed by atoms with Crippen molar-refractivity contribution in [1.82, 2.24) is 5.32 Å². The van der Waals surface area contributed by atoms with Gasteiger partial charge in [-0.05, 0) is 35.4 Å². The van der Waals surface area contributed by atoms with E-state index in [4.69, 9.17) is 11.6 Å². The molecule has 0 aromatic heterocycles. The summed E-state index contributed by atoms with van der Waals surface area (Å²) in [5, 5.41) is 3.56. The van der Waals surface area contributed by atoms with Crippen LogP contribution < -0.4 is 5.32 Å². The predicted molar refractivity (Wildman–Crippen MR) is 81.5 cm³/mol. The Kier molecular flexibility index (Phi) is 4.98. The summed E-state index contributed by atoms with van der Waals surface area (Å²) in [6, 6.07) is 11.0. The summed E-state index contributed by atoms with van der Waals surface area (Å²) in [7, 11) is -3.17. The molecule has 0 radical (unpaired) electrons. The third kappa shape index (κ3) is 4.52. The number of nitrogens with one attached hydrogen (secondary N) is 1. The Morgan fingerprint density at radius 1 is 1.10 bits per heavy atom. The van der Waals surface area contributed by atoms with Crippen LogP contribution in [0.3, 0.4) is 0 Å². The fraction of sp³-hybridized carbons (Fsp3) is 0.200. The Balaban J connectivity index is 1.94. The summed E-state index contributed by atoms with van der Waals surface area (Å²) in [6.45, 7) is 1.07. The molecule has 0 aliphatic rings. The highest BCUT2D eigenvalue weighted by Crippen LogP contribution is 2.17. The molecule has 0 saturated carbocycles. The van der Waals surface area contributed by atoms with Crippen LogP contribution >= 0.6 is 11.6 Å². The highest BCUT2D eigenvalue weighted by Gasteiger charge is 2.06. The van der Waals surface area contributed by atoms with Crippen molar-refractivity contribution >= 4 is 21.4 Å². The van der Waals surface area contributed by atoms with E-state index in [1.807, 2.05) is 0 Å². The number of hydrogen-bond acceptors (Lipinski definition) is 3. The Morgan fingerprint density at radius 3 is 2.33 bits per heavy atom. The smallest absolute Gasteiger partial charge is 0.175 e. The molecule has 0 heterocycles. The van der Waals surface area contributed by atoms with Gasteiger partial charge in [0.25, 0.3) is 0 Å². The molecular formula is C15H15ClFNO2S.